The summed E-state index contributed by atoms with van der Waals surface area (Å²) in [4.78, 5) is 37.7. The number of hydrogen-bond donors (Lipinski definition) is 0. The Kier molecular flexibility index (Phi) is 9.13. The second kappa shape index (κ2) is 12.7. The van der Waals surface area contributed by atoms with Crippen molar-refractivity contribution in [2.75, 3.05) is 37.7 Å². The number of ether oxygens (including phenoxy) is 1. The van der Waals surface area contributed by atoms with Crippen molar-refractivity contribution >= 4 is 17.5 Å². The first-order chi connectivity index (χ1) is 18.3. The third-order valence-corrected chi connectivity index (χ3v) is 7.11. The Balaban J connectivity index is 1.69. The Morgan fingerprint density at radius 3 is 2.45 bits per heavy atom. The van der Waals surface area contributed by atoms with Crippen LogP contribution >= 0.6 is 0 Å². The van der Waals surface area contributed by atoms with Crippen molar-refractivity contribution in [3.8, 4) is 5.75 Å². The summed E-state index contributed by atoms with van der Waals surface area (Å²) in [6.45, 7) is 11.4. The third kappa shape index (κ3) is 6.58. The normalized spacial score (nSPS) is 15.1. The molecule has 1 aliphatic rings. The number of anilines is 1. The summed E-state index contributed by atoms with van der Waals surface area (Å²) < 4.78 is 5.85. The van der Waals surface area contributed by atoms with Crippen LogP contribution in [0.5, 0.6) is 5.75 Å². The van der Waals surface area contributed by atoms with E-state index in [-0.39, 0.29) is 18.4 Å². The molecule has 7 nitrogen and oxygen atoms in total. The molecule has 2 amide bonds. The zero-order valence-electron chi connectivity index (χ0n) is 22.9. The number of carbonyl (C=O) groups excluding carboxylic acids is 2. The summed E-state index contributed by atoms with van der Waals surface area (Å²) in [6.07, 6.45) is 4.21. The highest BCUT2D eigenvalue weighted by molar-refractivity contribution is 5.97. The standard InChI is InChI=1S/C31H38N4O3/c1-23(2)33-16-9-17-35(29(36)22-38-27-12-6-5-7-13-27)30-24(3)10-8-11-26(30)21-34(19-18-33)31(37)28-14-15-32-20-25(28)4/h5-8,10-15,20,23H,9,16-19,21-22H2,1-4H3. The summed E-state index contributed by atoms with van der Waals surface area (Å²) in [5.41, 5.74) is 4.34. The number of hydrogen-bond acceptors (Lipinski definition) is 5. The highest BCUT2D eigenvalue weighted by Gasteiger charge is 2.26. The van der Waals surface area contributed by atoms with Crippen molar-refractivity contribution in [2.24, 2.45) is 0 Å². The monoisotopic (exact) mass is 514 g/mol. The zero-order valence-corrected chi connectivity index (χ0v) is 22.9. The second-order valence-corrected chi connectivity index (χ2v) is 10.1. The van der Waals surface area contributed by atoms with Crippen LogP contribution in [0.25, 0.3) is 0 Å². The molecule has 2 heterocycles. The van der Waals surface area contributed by atoms with Gasteiger partial charge in [-0.1, -0.05) is 36.4 Å². The Morgan fingerprint density at radius 2 is 1.71 bits per heavy atom. The molecule has 0 fully saturated rings. The van der Waals surface area contributed by atoms with Gasteiger partial charge in [0.25, 0.3) is 11.8 Å². The van der Waals surface area contributed by atoms with Crippen LogP contribution in [0.1, 0.15) is 47.3 Å². The molecule has 0 bridgehead atoms. The number of amides is 2. The highest BCUT2D eigenvalue weighted by atomic mass is 16.5. The van der Waals surface area contributed by atoms with E-state index in [0.717, 1.165) is 41.9 Å². The van der Waals surface area contributed by atoms with Crippen LogP contribution in [0.4, 0.5) is 5.69 Å². The number of benzene rings is 2. The van der Waals surface area contributed by atoms with Crippen LogP contribution in [0.3, 0.4) is 0 Å². The molecule has 38 heavy (non-hydrogen) atoms. The van der Waals surface area contributed by atoms with Gasteiger partial charge in [-0.25, -0.2) is 0 Å². The summed E-state index contributed by atoms with van der Waals surface area (Å²) in [7, 11) is 0. The Bertz CT molecular complexity index is 1240. The first kappa shape index (κ1) is 27.3. The van der Waals surface area contributed by atoms with E-state index in [1.54, 1.807) is 18.5 Å². The number of carbonyl (C=O) groups is 2. The zero-order chi connectivity index (χ0) is 27.1. The van der Waals surface area contributed by atoms with Crippen molar-refractivity contribution in [1.82, 2.24) is 14.8 Å². The van der Waals surface area contributed by atoms with Gasteiger partial charge >= 0.3 is 0 Å². The lowest BCUT2D eigenvalue weighted by Gasteiger charge is -2.30. The molecule has 3 aromatic rings. The van der Waals surface area contributed by atoms with E-state index < -0.39 is 0 Å². The maximum absolute atomic E-state index is 13.8. The fraction of sp³-hybridized carbons (Fsp3) is 0.387. The van der Waals surface area contributed by atoms with Crippen LogP contribution in [0.15, 0.2) is 67.0 Å². The number of nitrogens with zero attached hydrogens (tertiary/aromatic N) is 4. The van der Waals surface area contributed by atoms with Crippen LogP contribution in [-0.2, 0) is 11.3 Å². The number of fused-ring (bicyclic) bond motifs is 1. The van der Waals surface area contributed by atoms with Gasteiger partial charge in [-0.2, -0.15) is 0 Å². The molecule has 2 aromatic carbocycles. The lowest BCUT2D eigenvalue weighted by Crippen LogP contribution is -2.41. The SMILES string of the molecule is Cc1cnccc1C(=O)N1CCN(C(C)C)CCCN(C(=O)COc2ccccc2)c2c(C)cccc2C1. The summed E-state index contributed by atoms with van der Waals surface area (Å²) in [5.74, 6) is 0.549. The molecule has 200 valence electrons. The molecule has 0 radical (unpaired) electrons. The van der Waals surface area contributed by atoms with Gasteiger partial charge in [0.1, 0.15) is 5.75 Å². The maximum atomic E-state index is 13.8. The van der Waals surface area contributed by atoms with Gasteiger partial charge in [0, 0.05) is 56.7 Å². The molecule has 4 rings (SSSR count). The largest absolute Gasteiger partial charge is 0.484 e. The van der Waals surface area contributed by atoms with Crippen molar-refractivity contribution in [2.45, 2.75) is 46.7 Å². The molecular weight excluding hydrogens is 476 g/mol. The predicted molar refractivity (Wildman–Crippen MR) is 151 cm³/mol. The van der Waals surface area contributed by atoms with Gasteiger partial charge in [-0.3, -0.25) is 19.5 Å². The summed E-state index contributed by atoms with van der Waals surface area (Å²) >= 11 is 0. The van der Waals surface area contributed by atoms with Crippen LogP contribution in [0, 0.1) is 13.8 Å². The number of aromatic nitrogens is 1. The lowest BCUT2D eigenvalue weighted by atomic mass is 10.0. The highest BCUT2D eigenvalue weighted by Crippen LogP contribution is 2.29. The molecule has 0 saturated heterocycles. The van der Waals surface area contributed by atoms with Crippen LogP contribution in [0.2, 0.25) is 0 Å². The average molecular weight is 515 g/mol. The second-order valence-electron chi connectivity index (χ2n) is 10.1. The van der Waals surface area contributed by atoms with E-state index >= 15 is 0 Å². The van der Waals surface area contributed by atoms with E-state index in [1.807, 2.05) is 72.2 Å². The molecule has 0 N–H and O–H groups in total. The molecule has 0 aliphatic carbocycles. The minimum absolute atomic E-state index is 0.0226. The minimum atomic E-state index is -0.0948. The number of rotatable bonds is 5. The lowest BCUT2D eigenvalue weighted by molar-refractivity contribution is -0.120. The first-order valence-corrected chi connectivity index (χ1v) is 13.4. The van der Waals surface area contributed by atoms with Gasteiger partial charge in [0.2, 0.25) is 0 Å². The molecule has 1 aliphatic heterocycles. The number of para-hydroxylation sites is 2. The van der Waals surface area contributed by atoms with E-state index in [0.29, 0.717) is 37.0 Å². The van der Waals surface area contributed by atoms with Crippen molar-refractivity contribution in [3.05, 3.63) is 89.2 Å². The van der Waals surface area contributed by atoms with E-state index in [9.17, 15) is 9.59 Å². The predicted octanol–water partition coefficient (Wildman–Crippen LogP) is 4.87. The Morgan fingerprint density at radius 1 is 0.921 bits per heavy atom. The summed E-state index contributed by atoms with van der Waals surface area (Å²) in [6, 6.07) is 17.6. The quantitative estimate of drug-likeness (QED) is 0.486. The van der Waals surface area contributed by atoms with Gasteiger partial charge < -0.3 is 14.5 Å². The minimum Gasteiger partial charge on any atom is -0.484 e. The first-order valence-electron chi connectivity index (χ1n) is 13.4. The van der Waals surface area contributed by atoms with Gasteiger partial charge in [-0.05, 0) is 69.0 Å². The number of pyridine rings is 1. The Labute approximate surface area is 226 Å². The van der Waals surface area contributed by atoms with Crippen molar-refractivity contribution in [1.29, 1.82) is 0 Å². The fourth-order valence-electron chi connectivity index (χ4n) is 4.99. The van der Waals surface area contributed by atoms with E-state index in [4.69, 9.17) is 4.74 Å². The third-order valence-electron chi connectivity index (χ3n) is 7.11. The molecule has 1 aromatic heterocycles. The van der Waals surface area contributed by atoms with Gasteiger partial charge in [0.05, 0.1) is 5.69 Å². The van der Waals surface area contributed by atoms with E-state index in [2.05, 4.69) is 23.7 Å². The molecule has 0 spiro atoms. The molecular formula is C31H38N4O3. The number of aryl methyl sites for hydroxylation is 2. The molecule has 0 saturated carbocycles. The van der Waals surface area contributed by atoms with E-state index in [1.165, 1.54) is 0 Å². The van der Waals surface area contributed by atoms with Gasteiger partial charge in [-0.15, -0.1) is 0 Å². The Hall–Kier alpha value is -3.71. The van der Waals surface area contributed by atoms with Crippen molar-refractivity contribution < 1.29 is 14.3 Å². The maximum Gasteiger partial charge on any atom is 0.264 e. The topological polar surface area (TPSA) is 66.0 Å². The molecule has 0 unspecified atom stereocenters. The summed E-state index contributed by atoms with van der Waals surface area (Å²) in [5, 5.41) is 0. The fourth-order valence-corrected chi connectivity index (χ4v) is 4.99. The van der Waals surface area contributed by atoms with Crippen LogP contribution < -0.4 is 9.64 Å². The molecule has 7 heteroatoms. The van der Waals surface area contributed by atoms with Gasteiger partial charge in [0.15, 0.2) is 6.61 Å². The van der Waals surface area contributed by atoms with Crippen molar-refractivity contribution in [3.63, 3.8) is 0 Å². The average Bonchev–Trinajstić information content (AvgIpc) is 2.95. The molecule has 0 atom stereocenters. The smallest absolute Gasteiger partial charge is 0.264 e. The van der Waals surface area contributed by atoms with Crippen LogP contribution in [-0.4, -0.2) is 65.4 Å².